The summed E-state index contributed by atoms with van der Waals surface area (Å²) in [5.74, 6) is -0.346. The maximum Gasteiger partial charge on any atom is 0.419 e. The van der Waals surface area contributed by atoms with Gasteiger partial charge in [-0.15, -0.1) is 10.2 Å². The fraction of sp³-hybridized carbons (Fsp3) is 0.333. The number of rotatable bonds is 2. The molecule has 0 saturated carbocycles. The predicted molar refractivity (Wildman–Crippen MR) is 128 cm³/mol. The first kappa shape index (κ1) is 23.8. The minimum absolute atomic E-state index is 0.0115. The maximum atomic E-state index is 15.1. The van der Waals surface area contributed by atoms with E-state index < -0.39 is 33.1 Å². The molecule has 6 rings (SSSR count). The molecule has 0 aliphatic carbocycles. The van der Waals surface area contributed by atoms with Crippen molar-refractivity contribution >= 4 is 26.6 Å². The topological polar surface area (TPSA) is 91.0 Å². The summed E-state index contributed by atoms with van der Waals surface area (Å²) < 4.78 is 92.8. The van der Waals surface area contributed by atoms with E-state index in [2.05, 4.69) is 15.5 Å². The van der Waals surface area contributed by atoms with Gasteiger partial charge in [-0.1, -0.05) is 0 Å². The van der Waals surface area contributed by atoms with Crippen LogP contribution in [-0.2, 0) is 28.2 Å². The molecule has 0 atom stereocenters. The lowest BCUT2D eigenvalue weighted by molar-refractivity contribution is -0.137. The molecule has 0 fully saturated rings. The largest absolute Gasteiger partial charge is 0.492 e. The highest BCUT2D eigenvalue weighted by Crippen LogP contribution is 2.56. The minimum atomic E-state index is -4.91. The zero-order valence-corrected chi connectivity index (χ0v) is 21.0. The van der Waals surface area contributed by atoms with E-state index in [1.165, 1.54) is 16.8 Å². The van der Waals surface area contributed by atoms with E-state index in [9.17, 15) is 12.8 Å². The number of nitrogens with one attached hydrogen (secondary N) is 1. The van der Waals surface area contributed by atoms with Crippen molar-refractivity contribution < 1.29 is 30.7 Å². The number of hydrogen-bond donors (Lipinski definition) is 1. The molecular formula is C24H21F4N5O3S. The van der Waals surface area contributed by atoms with Crippen LogP contribution in [0.25, 0.3) is 27.7 Å². The molecule has 2 aliphatic rings. The van der Waals surface area contributed by atoms with Gasteiger partial charge in [-0.05, 0) is 44.5 Å². The van der Waals surface area contributed by atoms with Gasteiger partial charge in [0.15, 0.2) is 5.82 Å². The molecule has 4 heterocycles. The first-order valence-corrected chi connectivity index (χ1v) is 13.2. The summed E-state index contributed by atoms with van der Waals surface area (Å²) in [4.78, 5) is 0. The van der Waals surface area contributed by atoms with Crippen molar-refractivity contribution in [3.63, 3.8) is 0 Å². The molecule has 0 bridgehead atoms. The fourth-order valence-corrected chi connectivity index (χ4v) is 6.18. The molecule has 0 spiro atoms. The zero-order valence-electron chi connectivity index (χ0n) is 20.2. The molecule has 0 saturated heterocycles. The van der Waals surface area contributed by atoms with E-state index >= 15 is 13.2 Å². The summed E-state index contributed by atoms with van der Waals surface area (Å²) in [6, 6.07) is 3.33. The average molecular weight is 536 g/mol. The molecule has 4 aromatic rings. The second kappa shape index (κ2) is 7.24. The van der Waals surface area contributed by atoms with Crippen molar-refractivity contribution in [2.24, 2.45) is 0 Å². The summed E-state index contributed by atoms with van der Waals surface area (Å²) >= 11 is 0. The van der Waals surface area contributed by atoms with Gasteiger partial charge >= 0.3 is 6.18 Å². The van der Waals surface area contributed by atoms with Gasteiger partial charge in [0.1, 0.15) is 17.4 Å². The standard InChI is InChI=1S/C24H21F4N5O3S/c1-11-30-31-22-23(2,3)29-19-14-6-8-36-21(14)17(18(24(26,27)28)20(19)33(11)22)15-9-12(25)10-16-13(15)5-7-32(16)37(4,34)35/h5,7,9-10,29H,6,8H2,1-4H3. The quantitative estimate of drug-likeness (QED) is 0.373. The number of alkyl halides is 3. The van der Waals surface area contributed by atoms with E-state index in [-0.39, 0.29) is 51.6 Å². The van der Waals surface area contributed by atoms with Gasteiger partial charge in [-0.25, -0.2) is 16.8 Å². The third-order valence-corrected chi connectivity index (χ3v) is 7.85. The second-order valence-electron chi connectivity index (χ2n) is 9.79. The van der Waals surface area contributed by atoms with Gasteiger partial charge in [-0.3, -0.25) is 4.57 Å². The van der Waals surface area contributed by atoms with Crippen molar-refractivity contribution in [1.82, 2.24) is 18.7 Å². The molecule has 0 unspecified atom stereocenters. The van der Waals surface area contributed by atoms with Crippen molar-refractivity contribution in [1.29, 1.82) is 0 Å². The summed E-state index contributed by atoms with van der Waals surface area (Å²) in [5.41, 5.74) is -1.85. The Morgan fingerprint density at radius 1 is 1.19 bits per heavy atom. The van der Waals surface area contributed by atoms with Gasteiger partial charge in [0.05, 0.1) is 40.9 Å². The lowest BCUT2D eigenvalue weighted by atomic mass is 9.87. The number of fused-ring (bicyclic) bond motifs is 6. The van der Waals surface area contributed by atoms with Gasteiger partial charge in [-0.2, -0.15) is 13.2 Å². The van der Waals surface area contributed by atoms with Gasteiger partial charge < -0.3 is 10.1 Å². The summed E-state index contributed by atoms with van der Waals surface area (Å²) in [7, 11) is -3.85. The Kier molecular flexibility index (Phi) is 4.65. The number of halogens is 4. The van der Waals surface area contributed by atoms with Crippen molar-refractivity contribution in [2.75, 3.05) is 18.2 Å². The van der Waals surface area contributed by atoms with Crippen LogP contribution >= 0.6 is 0 Å². The number of benzene rings is 2. The minimum Gasteiger partial charge on any atom is -0.492 e. The van der Waals surface area contributed by atoms with Crippen LogP contribution in [0.4, 0.5) is 23.2 Å². The first-order chi connectivity index (χ1) is 17.2. The molecule has 0 amide bonds. The molecule has 37 heavy (non-hydrogen) atoms. The lowest BCUT2D eigenvalue weighted by Crippen LogP contribution is -2.37. The SMILES string of the molecule is Cc1nnc2n1-c1c(c3c(c(-c4cc(F)cc5c4ccn5S(C)(=O)=O)c1C(F)(F)F)OCC3)NC2(C)C. The van der Waals surface area contributed by atoms with Crippen molar-refractivity contribution in [3.8, 4) is 22.6 Å². The number of ether oxygens (including phenoxy) is 1. The fourth-order valence-electron chi connectivity index (χ4n) is 5.39. The normalized spacial score (nSPS) is 16.2. The highest BCUT2D eigenvalue weighted by Gasteiger charge is 2.47. The van der Waals surface area contributed by atoms with E-state index in [4.69, 9.17) is 4.74 Å². The van der Waals surface area contributed by atoms with Crippen LogP contribution in [-0.4, -0.2) is 40.0 Å². The number of nitrogens with zero attached hydrogens (tertiary/aromatic N) is 4. The number of aryl methyl sites for hydroxylation is 1. The zero-order chi connectivity index (χ0) is 26.7. The smallest absolute Gasteiger partial charge is 0.419 e. The molecule has 2 aromatic carbocycles. The number of anilines is 1. The Hall–Kier alpha value is -3.61. The lowest BCUT2D eigenvalue weighted by Gasteiger charge is -2.37. The molecular weight excluding hydrogens is 514 g/mol. The maximum absolute atomic E-state index is 15.1. The molecule has 13 heteroatoms. The van der Waals surface area contributed by atoms with Crippen molar-refractivity contribution in [3.05, 3.63) is 53.0 Å². The van der Waals surface area contributed by atoms with Crippen molar-refractivity contribution in [2.45, 2.75) is 38.9 Å². The van der Waals surface area contributed by atoms with E-state index in [1.807, 2.05) is 0 Å². The van der Waals surface area contributed by atoms with Crippen LogP contribution in [0.2, 0.25) is 0 Å². The van der Waals surface area contributed by atoms with Crippen LogP contribution in [0.3, 0.4) is 0 Å². The summed E-state index contributed by atoms with van der Waals surface area (Å²) in [6.45, 7) is 5.29. The Labute approximate surface area is 208 Å². The Bertz CT molecular complexity index is 1750. The van der Waals surface area contributed by atoms with Gasteiger partial charge in [0.25, 0.3) is 0 Å². The van der Waals surface area contributed by atoms with E-state index in [0.29, 0.717) is 17.8 Å². The average Bonchev–Trinajstić information content (AvgIpc) is 3.49. The van der Waals surface area contributed by atoms with Crippen LogP contribution < -0.4 is 10.1 Å². The Balaban J connectivity index is 1.82. The third-order valence-electron chi connectivity index (χ3n) is 6.82. The summed E-state index contributed by atoms with van der Waals surface area (Å²) in [5, 5.41) is 11.5. The number of aromatic nitrogens is 4. The van der Waals surface area contributed by atoms with Crippen LogP contribution in [0.15, 0.2) is 24.4 Å². The first-order valence-electron chi connectivity index (χ1n) is 11.4. The van der Waals surface area contributed by atoms with Crippen LogP contribution in [0.5, 0.6) is 5.75 Å². The van der Waals surface area contributed by atoms with Crippen LogP contribution in [0.1, 0.15) is 36.6 Å². The summed E-state index contributed by atoms with van der Waals surface area (Å²) in [6.07, 6.45) is -2.45. The number of hydrogen-bond acceptors (Lipinski definition) is 6. The molecule has 2 aliphatic heterocycles. The monoisotopic (exact) mass is 535 g/mol. The molecule has 1 N–H and O–H groups in total. The highest BCUT2D eigenvalue weighted by atomic mass is 32.2. The second-order valence-corrected chi connectivity index (χ2v) is 11.7. The molecule has 8 nitrogen and oxygen atoms in total. The van der Waals surface area contributed by atoms with Gasteiger partial charge in [0.2, 0.25) is 10.0 Å². The predicted octanol–water partition coefficient (Wildman–Crippen LogP) is 4.76. The van der Waals surface area contributed by atoms with E-state index in [1.54, 1.807) is 20.8 Å². The third kappa shape index (κ3) is 3.29. The molecule has 0 radical (unpaired) electrons. The van der Waals surface area contributed by atoms with E-state index in [0.717, 1.165) is 22.4 Å². The Morgan fingerprint density at radius 2 is 1.92 bits per heavy atom. The highest BCUT2D eigenvalue weighted by molar-refractivity contribution is 7.89. The van der Waals surface area contributed by atoms with Crippen LogP contribution in [0, 0.1) is 12.7 Å². The molecule has 2 aromatic heterocycles. The Morgan fingerprint density at radius 3 is 2.59 bits per heavy atom. The van der Waals surface area contributed by atoms with Gasteiger partial charge in [0, 0.05) is 29.1 Å². The molecule has 194 valence electrons.